The number of hydrogen-bond acceptors (Lipinski definition) is 4. The smallest absolute Gasteiger partial charge is 0.134 e. The van der Waals surface area contributed by atoms with Crippen LogP contribution >= 0.6 is 0 Å². The molecule has 0 bridgehead atoms. The first-order chi connectivity index (χ1) is 20.7. The van der Waals surface area contributed by atoms with Gasteiger partial charge in [-0.3, -0.25) is 4.90 Å². The Morgan fingerprint density at radius 1 is 0.907 bits per heavy atom. The van der Waals surface area contributed by atoms with Gasteiger partial charge in [0.05, 0.1) is 12.1 Å². The minimum Gasteiger partial charge on any atom is -0.490 e. The Morgan fingerprint density at radius 3 is 2.28 bits per heavy atom. The van der Waals surface area contributed by atoms with E-state index in [1.165, 1.54) is 38.8 Å². The van der Waals surface area contributed by atoms with Gasteiger partial charge in [0.25, 0.3) is 0 Å². The Bertz CT molecular complexity index is 1370. The second kappa shape index (κ2) is 12.5. The molecule has 1 unspecified atom stereocenters. The molecule has 3 aromatic rings. The second-order valence-electron chi connectivity index (χ2n) is 13.3. The summed E-state index contributed by atoms with van der Waals surface area (Å²) in [5, 5.41) is 3.44. The van der Waals surface area contributed by atoms with E-state index in [1.54, 1.807) is 0 Å². The molecule has 4 nitrogen and oxygen atoms in total. The summed E-state index contributed by atoms with van der Waals surface area (Å²) in [6, 6.07) is 17.4. The van der Waals surface area contributed by atoms with E-state index in [0.717, 1.165) is 55.5 Å². The lowest BCUT2D eigenvalue weighted by atomic mass is 9.68. The predicted molar refractivity (Wildman–Crippen MR) is 163 cm³/mol. The normalized spacial score (nSPS) is 21.0. The fraction of sp³-hybridized carbons (Fsp3) is 0.500. The summed E-state index contributed by atoms with van der Waals surface area (Å²) in [6.45, 7) is 6.08. The molecule has 1 N–H and O–H groups in total. The highest BCUT2D eigenvalue weighted by molar-refractivity contribution is 5.46. The third-order valence-electron chi connectivity index (χ3n) is 9.56. The number of nitrogens with one attached hydrogen (secondary N) is 1. The molecular formula is C36H43F3N2O2. The average molecular weight is 593 g/mol. The summed E-state index contributed by atoms with van der Waals surface area (Å²) in [6.07, 6.45) is 6.94. The van der Waals surface area contributed by atoms with Crippen molar-refractivity contribution in [3.05, 3.63) is 94.6 Å². The Morgan fingerprint density at radius 2 is 1.60 bits per heavy atom. The van der Waals surface area contributed by atoms with Crippen molar-refractivity contribution in [1.82, 2.24) is 10.2 Å². The average Bonchev–Trinajstić information content (AvgIpc) is 2.98. The lowest BCUT2D eigenvalue weighted by Crippen LogP contribution is -2.43. The van der Waals surface area contributed by atoms with Crippen LogP contribution in [-0.2, 0) is 13.0 Å². The molecule has 1 saturated carbocycles. The van der Waals surface area contributed by atoms with Crippen molar-refractivity contribution in [3.63, 3.8) is 0 Å². The van der Waals surface area contributed by atoms with Gasteiger partial charge in [-0.25, -0.2) is 13.2 Å². The number of rotatable bonds is 8. The first kappa shape index (κ1) is 30.0. The van der Waals surface area contributed by atoms with Crippen molar-refractivity contribution in [1.29, 1.82) is 0 Å². The van der Waals surface area contributed by atoms with Crippen LogP contribution < -0.4 is 14.8 Å². The maximum atomic E-state index is 16.0. The van der Waals surface area contributed by atoms with Crippen molar-refractivity contribution in [2.45, 2.75) is 83.2 Å². The maximum Gasteiger partial charge on any atom is 0.134 e. The lowest BCUT2D eigenvalue weighted by molar-refractivity contribution is 0.0567. The first-order valence-corrected chi connectivity index (χ1v) is 15.8. The Balaban J connectivity index is 1.23. The summed E-state index contributed by atoms with van der Waals surface area (Å²) >= 11 is 0. The number of nitrogens with zero attached hydrogens (tertiary/aromatic N) is 1. The summed E-state index contributed by atoms with van der Waals surface area (Å²) in [5.41, 5.74) is 1.58. The zero-order valence-corrected chi connectivity index (χ0v) is 25.3. The highest BCUT2D eigenvalue weighted by Crippen LogP contribution is 2.45. The summed E-state index contributed by atoms with van der Waals surface area (Å²) in [4.78, 5) is 1.86. The third-order valence-corrected chi connectivity index (χ3v) is 9.56. The maximum absolute atomic E-state index is 16.0. The van der Waals surface area contributed by atoms with E-state index in [0.29, 0.717) is 30.7 Å². The molecule has 1 atom stereocenters. The van der Waals surface area contributed by atoms with E-state index in [4.69, 9.17) is 9.47 Å². The van der Waals surface area contributed by atoms with Crippen LogP contribution in [0.1, 0.15) is 80.7 Å². The van der Waals surface area contributed by atoms with Gasteiger partial charge in [0, 0.05) is 30.8 Å². The highest BCUT2D eigenvalue weighted by atomic mass is 19.1. The van der Waals surface area contributed by atoms with Gasteiger partial charge in [-0.2, -0.15) is 0 Å². The van der Waals surface area contributed by atoms with E-state index in [2.05, 4.69) is 5.32 Å². The Kier molecular flexibility index (Phi) is 8.74. The molecule has 3 aromatic carbocycles. The standard InChI is InChI=1S/C36H43F3N2O2/c1-35(2,39)24-41-19-12-26-20-28(42-23-25-6-4-3-5-7-25)8-9-30(26)34(41)33-31(37)21-29(22-32(33)38)43-27-10-13-36(14-11-27)15-17-40-18-16-36/h3-9,20-22,27,34,40H,10-19,23-24H2,1-2H3. The molecule has 1 saturated heterocycles. The molecule has 1 spiro atoms. The van der Waals surface area contributed by atoms with Crippen LogP contribution in [0.3, 0.4) is 0 Å². The van der Waals surface area contributed by atoms with Crippen molar-refractivity contribution >= 4 is 0 Å². The van der Waals surface area contributed by atoms with Gasteiger partial charge in [-0.15, -0.1) is 0 Å². The molecule has 6 rings (SSSR count). The van der Waals surface area contributed by atoms with Crippen LogP contribution in [0.5, 0.6) is 11.5 Å². The number of fused-ring (bicyclic) bond motifs is 1. The van der Waals surface area contributed by atoms with E-state index >= 15 is 8.78 Å². The van der Waals surface area contributed by atoms with E-state index in [-0.39, 0.29) is 24.0 Å². The van der Waals surface area contributed by atoms with Crippen molar-refractivity contribution in [2.75, 3.05) is 26.2 Å². The largest absolute Gasteiger partial charge is 0.490 e. The van der Waals surface area contributed by atoms with Crippen LogP contribution in [0, 0.1) is 17.0 Å². The monoisotopic (exact) mass is 592 g/mol. The molecule has 0 amide bonds. The number of benzene rings is 3. The second-order valence-corrected chi connectivity index (χ2v) is 13.3. The van der Waals surface area contributed by atoms with E-state index < -0.39 is 23.3 Å². The number of alkyl halides is 1. The topological polar surface area (TPSA) is 33.7 Å². The van der Waals surface area contributed by atoms with Gasteiger partial charge >= 0.3 is 0 Å². The molecule has 3 aliphatic rings. The number of ether oxygens (including phenoxy) is 2. The summed E-state index contributed by atoms with van der Waals surface area (Å²) in [5.74, 6) is -0.402. The summed E-state index contributed by atoms with van der Waals surface area (Å²) in [7, 11) is 0. The van der Waals surface area contributed by atoms with Gasteiger partial charge in [-0.05, 0) is 106 Å². The van der Waals surface area contributed by atoms with E-state index in [9.17, 15) is 4.39 Å². The number of halogens is 3. The van der Waals surface area contributed by atoms with Crippen LogP contribution in [0.15, 0.2) is 60.7 Å². The number of piperidine rings is 1. The third kappa shape index (κ3) is 7.04. The molecule has 0 radical (unpaired) electrons. The molecule has 2 aliphatic heterocycles. The zero-order chi connectivity index (χ0) is 30.0. The van der Waals surface area contributed by atoms with Gasteiger partial charge in [0.1, 0.15) is 35.4 Å². The molecule has 230 valence electrons. The molecule has 7 heteroatoms. The Hall–Kier alpha value is -3.03. The van der Waals surface area contributed by atoms with Gasteiger partial charge in [0.15, 0.2) is 0 Å². The molecule has 0 aromatic heterocycles. The SMILES string of the molecule is CC(C)(F)CN1CCc2cc(OCc3ccccc3)ccc2C1c1c(F)cc(OC2CCC3(CCNCC3)CC2)cc1F. The minimum absolute atomic E-state index is 0.0429. The van der Waals surface area contributed by atoms with Crippen LogP contribution in [0.4, 0.5) is 13.2 Å². The Labute approximate surface area is 253 Å². The van der Waals surface area contributed by atoms with Crippen molar-refractivity contribution in [2.24, 2.45) is 5.41 Å². The van der Waals surface area contributed by atoms with E-state index in [1.807, 2.05) is 53.4 Å². The van der Waals surface area contributed by atoms with Gasteiger partial charge in [-0.1, -0.05) is 36.4 Å². The van der Waals surface area contributed by atoms with Crippen molar-refractivity contribution in [3.8, 4) is 11.5 Å². The first-order valence-electron chi connectivity index (χ1n) is 15.8. The molecular weight excluding hydrogens is 549 g/mol. The molecule has 1 aliphatic carbocycles. The van der Waals surface area contributed by atoms with Gasteiger partial charge < -0.3 is 14.8 Å². The fourth-order valence-corrected chi connectivity index (χ4v) is 7.34. The van der Waals surface area contributed by atoms with Crippen LogP contribution in [-0.4, -0.2) is 42.9 Å². The molecule has 2 heterocycles. The highest BCUT2D eigenvalue weighted by Gasteiger charge is 2.38. The molecule has 2 fully saturated rings. The zero-order valence-electron chi connectivity index (χ0n) is 25.3. The lowest BCUT2D eigenvalue weighted by Gasteiger charge is -2.43. The van der Waals surface area contributed by atoms with Crippen LogP contribution in [0.25, 0.3) is 0 Å². The summed E-state index contributed by atoms with van der Waals surface area (Å²) < 4.78 is 59.1. The van der Waals surface area contributed by atoms with Crippen LogP contribution in [0.2, 0.25) is 0 Å². The fourth-order valence-electron chi connectivity index (χ4n) is 7.34. The number of hydrogen-bond donors (Lipinski definition) is 1. The predicted octanol–water partition coefficient (Wildman–Crippen LogP) is 7.93. The minimum atomic E-state index is -1.53. The van der Waals surface area contributed by atoms with Gasteiger partial charge in [0.2, 0.25) is 0 Å². The molecule has 43 heavy (non-hydrogen) atoms. The quantitative estimate of drug-likeness (QED) is 0.288. The van der Waals surface area contributed by atoms with Crippen molar-refractivity contribution < 1.29 is 22.6 Å².